The molecule has 0 spiro atoms. The Labute approximate surface area is 99.2 Å². The van der Waals surface area contributed by atoms with Crippen molar-refractivity contribution in [3.8, 4) is 6.07 Å². The number of nitrogens with zero attached hydrogens (tertiary/aromatic N) is 2. The van der Waals surface area contributed by atoms with Crippen molar-refractivity contribution in [2.45, 2.75) is 19.4 Å². The van der Waals surface area contributed by atoms with Crippen molar-refractivity contribution in [2.75, 3.05) is 11.9 Å². The Morgan fingerprint density at radius 1 is 1.65 bits per heavy atom. The van der Waals surface area contributed by atoms with Crippen molar-refractivity contribution in [2.24, 2.45) is 5.73 Å². The van der Waals surface area contributed by atoms with Gasteiger partial charge in [0.2, 0.25) is 0 Å². The standard InChI is InChI=1S/C11H14N4O2/c1-2-9(13)7-14-10-4-3-8(6-12)5-11(10)15(16)17/h3-5,9,14H,2,7,13H2,1H3. The van der Waals surface area contributed by atoms with Gasteiger partial charge in [0.15, 0.2) is 0 Å². The molecule has 0 aromatic heterocycles. The number of nitro groups is 1. The van der Waals surface area contributed by atoms with E-state index in [9.17, 15) is 10.1 Å². The molecule has 0 amide bonds. The van der Waals surface area contributed by atoms with Crippen molar-refractivity contribution in [3.63, 3.8) is 0 Å². The van der Waals surface area contributed by atoms with E-state index < -0.39 is 4.92 Å². The highest BCUT2D eigenvalue weighted by Crippen LogP contribution is 2.25. The van der Waals surface area contributed by atoms with Crippen LogP contribution in [0.2, 0.25) is 0 Å². The summed E-state index contributed by atoms with van der Waals surface area (Å²) in [6.45, 7) is 2.41. The number of anilines is 1. The Morgan fingerprint density at radius 2 is 2.35 bits per heavy atom. The number of nitriles is 1. The molecule has 17 heavy (non-hydrogen) atoms. The summed E-state index contributed by atoms with van der Waals surface area (Å²) < 4.78 is 0. The summed E-state index contributed by atoms with van der Waals surface area (Å²) in [5, 5.41) is 22.4. The summed E-state index contributed by atoms with van der Waals surface area (Å²) in [6, 6.07) is 6.13. The van der Waals surface area contributed by atoms with Crippen LogP contribution in [0.25, 0.3) is 0 Å². The summed E-state index contributed by atoms with van der Waals surface area (Å²) in [6.07, 6.45) is 0.789. The second-order valence-corrected chi connectivity index (χ2v) is 3.65. The molecule has 3 N–H and O–H groups in total. The minimum absolute atomic E-state index is 0.0507. The van der Waals surface area contributed by atoms with Crippen molar-refractivity contribution in [3.05, 3.63) is 33.9 Å². The summed E-state index contributed by atoms with van der Waals surface area (Å²) in [5.41, 5.74) is 6.27. The van der Waals surface area contributed by atoms with Gasteiger partial charge in [0, 0.05) is 18.7 Å². The van der Waals surface area contributed by atoms with Gasteiger partial charge in [0.25, 0.3) is 5.69 Å². The highest BCUT2D eigenvalue weighted by atomic mass is 16.6. The first-order valence-corrected chi connectivity index (χ1v) is 5.26. The number of hydrogen-bond acceptors (Lipinski definition) is 5. The lowest BCUT2D eigenvalue weighted by atomic mass is 10.1. The molecule has 90 valence electrons. The van der Waals surface area contributed by atoms with Gasteiger partial charge in [0.1, 0.15) is 5.69 Å². The van der Waals surface area contributed by atoms with E-state index in [-0.39, 0.29) is 17.3 Å². The van der Waals surface area contributed by atoms with Gasteiger partial charge < -0.3 is 11.1 Å². The molecular formula is C11H14N4O2. The zero-order chi connectivity index (χ0) is 12.8. The van der Waals surface area contributed by atoms with Gasteiger partial charge in [-0.3, -0.25) is 10.1 Å². The largest absolute Gasteiger partial charge is 0.378 e. The van der Waals surface area contributed by atoms with Crippen LogP contribution >= 0.6 is 0 Å². The molecule has 1 unspecified atom stereocenters. The fourth-order valence-corrected chi connectivity index (χ4v) is 1.29. The van der Waals surface area contributed by atoms with Gasteiger partial charge in [-0.15, -0.1) is 0 Å². The Morgan fingerprint density at radius 3 is 2.88 bits per heavy atom. The molecule has 6 nitrogen and oxygen atoms in total. The fraction of sp³-hybridized carbons (Fsp3) is 0.364. The molecule has 0 aliphatic rings. The van der Waals surface area contributed by atoms with Gasteiger partial charge >= 0.3 is 0 Å². The third-order valence-electron chi connectivity index (χ3n) is 2.40. The lowest BCUT2D eigenvalue weighted by molar-refractivity contribution is -0.384. The maximum Gasteiger partial charge on any atom is 0.293 e. The Hall–Kier alpha value is -2.13. The molecule has 1 rings (SSSR count). The molecule has 0 aliphatic heterocycles. The predicted octanol–water partition coefficient (Wildman–Crippen LogP) is 1.62. The molecule has 0 radical (unpaired) electrons. The lowest BCUT2D eigenvalue weighted by Crippen LogP contribution is -2.28. The van der Waals surface area contributed by atoms with Crippen LogP contribution in [0.15, 0.2) is 18.2 Å². The van der Waals surface area contributed by atoms with Crippen LogP contribution in [0.4, 0.5) is 11.4 Å². The van der Waals surface area contributed by atoms with E-state index in [0.717, 1.165) is 6.42 Å². The number of hydrogen-bond donors (Lipinski definition) is 2. The van der Waals surface area contributed by atoms with Gasteiger partial charge in [-0.1, -0.05) is 6.92 Å². The van der Waals surface area contributed by atoms with Gasteiger partial charge in [0.05, 0.1) is 16.6 Å². The quantitative estimate of drug-likeness (QED) is 0.594. The van der Waals surface area contributed by atoms with Gasteiger partial charge in [-0.2, -0.15) is 5.26 Å². The molecule has 0 saturated heterocycles. The molecule has 0 heterocycles. The Balaban J connectivity index is 2.92. The topological polar surface area (TPSA) is 105 Å². The van der Waals surface area contributed by atoms with E-state index in [1.54, 1.807) is 0 Å². The molecule has 1 aromatic carbocycles. The number of nitrogens with one attached hydrogen (secondary N) is 1. The SMILES string of the molecule is CCC(N)CNc1ccc(C#N)cc1[N+](=O)[O-]. The molecule has 0 fully saturated rings. The molecule has 6 heteroatoms. The van der Waals surface area contributed by atoms with Crippen LogP contribution in [-0.2, 0) is 0 Å². The smallest absolute Gasteiger partial charge is 0.293 e. The third-order valence-corrected chi connectivity index (χ3v) is 2.40. The number of rotatable bonds is 5. The van der Waals surface area contributed by atoms with Crippen LogP contribution < -0.4 is 11.1 Å². The number of nitro benzene ring substituents is 1. The van der Waals surface area contributed by atoms with Crippen LogP contribution in [0, 0.1) is 21.4 Å². The fourth-order valence-electron chi connectivity index (χ4n) is 1.29. The van der Waals surface area contributed by atoms with E-state index in [2.05, 4.69) is 5.32 Å². The zero-order valence-electron chi connectivity index (χ0n) is 9.51. The van der Waals surface area contributed by atoms with E-state index in [4.69, 9.17) is 11.0 Å². The Bertz CT molecular complexity index is 453. The van der Waals surface area contributed by atoms with Crippen molar-refractivity contribution in [1.82, 2.24) is 0 Å². The van der Waals surface area contributed by atoms with Gasteiger partial charge in [-0.05, 0) is 18.6 Å². The first-order valence-electron chi connectivity index (χ1n) is 5.26. The van der Waals surface area contributed by atoms with Gasteiger partial charge in [-0.25, -0.2) is 0 Å². The number of nitrogens with two attached hydrogens (primary N) is 1. The molecule has 0 saturated carbocycles. The average molecular weight is 234 g/mol. The zero-order valence-corrected chi connectivity index (χ0v) is 9.51. The van der Waals surface area contributed by atoms with Crippen molar-refractivity contribution < 1.29 is 4.92 Å². The number of benzene rings is 1. The second kappa shape index (κ2) is 5.82. The summed E-state index contributed by atoms with van der Waals surface area (Å²) in [4.78, 5) is 10.3. The minimum atomic E-state index is -0.513. The normalized spacial score (nSPS) is 11.6. The highest BCUT2D eigenvalue weighted by molar-refractivity contribution is 5.64. The van der Waals surface area contributed by atoms with Crippen LogP contribution in [0.3, 0.4) is 0 Å². The predicted molar refractivity (Wildman–Crippen MR) is 64.6 cm³/mol. The molecule has 0 bridgehead atoms. The Kier molecular flexibility index (Phi) is 4.43. The van der Waals surface area contributed by atoms with Crippen LogP contribution in [-0.4, -0.2) is 17.5 Å². The molecule has 1 atom stereocenters. The van der Waals surface area contributed by atoms with E-state index in [0.29, 0.717) is 12.2 Å². The van der Waals surface area contributed by atoms with E-state index >= 15 is 0 Å². The maximum absolute atomic E-state index is 10.8. The monoisotopic (exact) mass is 234 g/mol. The average Bonchev–Trinajstić information content (AvgIpc) is 2.35. The first kappa shape index (κ1) is 12.9. The summed E-state index contributed by atoms with van der Waals surface area (Å²) >= 11 is 0. The lowest BCUT2D eigenvalue weighted by Gasteiger charge is -2.11. The first-order chi connectivity index (χ1) is 8.08. The van der Waals surface area contributed by atoms with E-state index in [1.165, 1.54) is 18.2 Å². The summed E-state index contributed by atoms with van der Waals surface area (Å²) in [5.74, 6) is 0. The molecule has 1 aromatic rings. The van der Waals surface area contributed by atoms with Crippen molar-refractivity contribution in [1.29, 1.82) is 5.26 Å². The van der Waals surface area contributed by atoms with Crippen molar-refractivity contribution >= 4 is 11.4 Å². The van der Waals surface area contributed by atoms with E-state index in [1.807, 2.05) is 13.0 Å². The second-order valence-electron chi connectivity index (χ2n) is 3.65. The van der Waals surface area contributed by atoms with Crippen LogP contribution in [0.5, 0.6) is 0 Å². The summed E-state index contributed by atoms with van der Waals surface area (Å²) in [7, 11) is 0. The molecular weight excluding hydrogens is 220 g/mol. The highest BCUT2D eigenvalue weighted by Gasteiger charge is 2.14. The maximum atomic E-state index is 10.8. The van der Waals surface area contributed by atoms with Crippen LogP contribution in [0.1, 0.15) is 18.9 Å². The minimum Gasteiger partial charge on any atom is -0.378 e. The third kappa shape index (κ3) is 3.43. The molecule has 0 aliphatic carbocycles.